The quantitative estimate of drug-likeness (QED) is 0.121. The van der Waals surface area contributed by atoms with Crippen LogP contribution in [0.3, 0.4) is 0 Å². The molecule has 8 aromatic rings. The van der Waals surface area contributed by atoms with Crippen LogP contribution in [0, 0.1) is 45.6 Å². The fourth-order valence-corrected chi connectivity index (χ4v) is 6.74. The van der Waals surface area contributed by atoms with Gasteiger partial charge in [-0.2, -0.15) is 5.26 Å². The number of hydrogen-bond acceptors (Lipinski definition) is 5. The van der Waals surface area contributed by atoms with Crippen molar-refractivity contribution in [3.8, 4) is 51.1 Å². The second-order valence-electron chi connectivity index (χ2n) is 13.2. The molecule has 0 unspecified atom stereocenters. The van der Waals surface area contributed by atoms with Gasteiger partial charge in [0.05, 0.1) is 0 Å². The summed E-state index contributed by atoms with van der Waals surface area (Å²) in [5.74, 6) is 0.299. The van der Waals surface area contributed by atoms with Crippen LogP contribution in [-0.4, -0.2) is 46.5 Å². The summed E-state index contributed by atoms with van der Waals surface area (Å²) in [6.07, 6.45) is 3.72. The summed E-state index contributed by atoms with van der Waals surface area (Å²) in [5, 5.41) is 25.1. The summed E-state index contributed by atoms with van der Waals surface area (Å²) in [6, 6.07) is 42.0. The van der Waals surface area contributed by atoms with Crippen LogP contribution in [0.5, 0.6) is 0 Å². The third-order valence-electron chi connectivity index (χ3n) is 8.94. The van der Waals surface area contributed by atoms with Crippen molar-refractivity contribution in [1.29, 1.82) is 5.26 Å². The van der Waals surface area contributed by atoms with Crippen LogP contribution in [0.4, 0.5) is 5.82 Å². The zero-order chi connectivity index (χ0) is 53.0. The number of nitrogens with zero attached hydrogens (tertiary/aromatic N) is 8. The first-order chi connectivity index (χ1) is 33.8. The summed E-state index contributed by atoms with van der Waals surface area (Å²) in [4.78, 5) is 12.2. The summed E-state index contributed by atoms with van der Waals surface area (Å²) >= 11 is 0. The zero-order valence-corrected chi connectivity index (χ0v) is 38.0. The average molecular weight is 1030 g/mol. The van der Waals surface area contributed by atoms with Gasteiger partial charge in [0.25, 0.3) is 5.82 Å². The molecule has 0 radical (unpaired) electrons. The Bertz CT molecular complexity index is 2910. The van der Waals surface area contributed by atoms with Crippen molar-refractivity contribution in [1.82, 2.24) is 30.4 Å². The second kappa shape index (κ2) is 23.8. The fourth-order valence-electron chi connectivity index (χ4n) is 5.80. The van der Waals surface area contributed by atoms with E-state index in [4.69, 9.17) is 28.3 Å². The number of benzene rings is 4. The van der Waals surface area contributed by atoms with Gasteiger partial charge in [-0.15, -0.1) is 0 Å². The van der Waals surface area contributed by atoms with Crippen LogP contribution in [0.25, 0.3) is 49.9 Å². The Morgan fingerprint density at radius 1 is 0.557 bits per heavy atom. The van der Waals surface area contributed by atoms with E-state index >= 15 is 0 Å². The van der Waals surface area contributed by atoms with Crippen molar-refractivity contribution in [2.24, 2.45) is 0 Å². The molecule has 0 aliphatic heterocycles. The summed E-state index contributed by atoms with van der Waals surface area (Å²) in [6.45, 7) is 5.45. The van der Waals surface area contributed by atoms with E-state index in [9.17, 15) is 0 Å². The van der Waals surface area contributed by atoms with Crippen molar-refractivity contribution in [2.45, 2.75) is 27.7 Å². The molecule has 0 amide bonds. The van der Waals surface area contributed by atoms with E-state index in [0.717, 1.165) is 33.6 Å². The third kappa shape index (κ3) is 13.5. The Hall–Kier alpha value is -5.92. The molecule has 4 aromatic carbocycles. The van der Waals surface area contributed by atoms with Crippen LogP contribution < -0.4 is 20.8 Å². The summed E-state index contributed by atoms with van der Waals surface area (Å²) < 4.78 is 87.4. The molecule has 0 saturated heterocycles. The molecule has 11 heteroatoms. The number of hydrogen-bond donors (Lipinski definition) is 0. The topological polar surface area (TPSA) is 108 Å². The Labute approximate surface area is 393 Å². The maximum absolute atomic E-state index is 8.80. The number of rotatable bonds is 6. The van der Waals surface area contributed by atoms with Crippen molar-refractivity contribution >= 4 is 32.3 Å². The molecule has 0 N–H and O–H groups in total. The number of aromatic nitrogens is 6. The van der Waals surface area contributed by atoms with Gasteiger partial charge in [-0.3, -0.25) is 9.97 Å². The van der Waals surface area contributed by atoms with Crippen molar-refractivity contribution in [3.05, 3.63) is 185 Å². The van der Waals surface area contributed by atoms with Gasteiger partial charge < -0.3 is 20.1 Å². The van der Waals surface area contributed by atoms with E-state index < -0.39 is 42.2 Å². The largest absolute Gasteiger partial charge is 2.00 e. The van der Waals surface area contributed by atoms with E-state index in [1.165, 1.54) is 22.3 Å². The van der Waals surface area contributed by atoms with Gasteiger partial charge in [0.2, 0.25) is 0 Å². The first-order valence-electron chi connectivity index (χ1n) is 24.4. The Balaban J connectivity index is 0.000000213. The van der Waals surface area contributed by atoms with Gasteiger partial charge in [-0.25, -0.2) is 5.10 Å². The molecule has 0 saturated carbocycles. The molecule has 0 spiro atoms. The second-order valence-corrected chi connectivity index (χ2v) is 15.5. The van der Waals surface area contributed by atoms with Crippen molar-refractivity contribution in [2.75, 3.05) is 26.4 Å². The minimum Gasteiger partial charge on any atom is -0.573 e. The molecule has 0 atom stereocenters. The minimum absolute atomic E-state index is 0. The van der Waals surface area contributed by atoms with Crippen LogP contribution in [0.2, 0.25) is 0 Å². The van der Waals surface area contributed by atoms with E-state index in [-0.39, 0.29) is 19.8 Å². The average Bonchev–Trinajstić information content (AvgIpc) is 4.00. The number of nitriles is 1. The first kappa shape index (κ1) is 32.8. The fraction of sp³-hybridized carbons (Fsp3) is 0.160. The van der Waals surface area contributed by atoms with E-state index in [0.29, 0.717) is 33.5 Å². The number of aryl methyl sites for hydroxylation is 4. The van der Waals surface area contributed by atoms with Crippen LogP contribution in [-0.2, 0) is 19.8 Å². The molecule has 0 aliphatic rings. The van der Waals surface area contributed by atoms with Gasteiger partial charge >= 0.3 is 19.8 Å². The standard InChI is InChI=1S/2C17H13N4.2C8H11P.Os/c1-11-6-4-5-7-13(11)14-10-19-15(8-12(14)2)16-9-17(18-3)21-20-16;1-11-5-3-4-6-14(11)15-10-19-16(7-12(15)2)17-8-13(9-18)20-21-17;2*1-9(2)8-6-4-3-5-7-8;/h4-10H,1-2H3;3-8,10H,1-2H3;2*3-7H,1-2H3;/q2*-1;;;+2/i;;2*1D3,2D3;. The van der Waals surface area contributed by atoms with E-state index in [1.807, 2.05) is 54.9 Å². The molecule has 8 rings (SSSR count). The molecule has 0 aliphatic carbocycles. The molecule has 306 valence electrons. The maximum atomic E-state index is 8.80. The van der Waals surface area contributed by atoms with Gasteiger partial charge in [0.1, 0.15) is 11.8 Å². The predicted molar refractivity (Wildman–Crippen MR) is 252 cm³/mol. The Kier molecular flexibility index (Phi) is 12.8. The third-order valence-corrected chi connectivity index (χ3v) is 10.6. The van der Waals surface area contributed by atoms with Crippen molar-refractivity contribution < 1.29 is 36.2 Å². The normalized spacial score (nSPS) is 13.8. The molecule has 8 nitrogen and oxygen atoms in total. The summed E-state index contributed by atoms with van der Waals surface area (Å²) in [5.41, 5.74) is 12.3. The predicted octanol–water partition coefficient (Wildman–Crippen LogP) is 11.3. The van der Waals surface area contributed by atoms with Crippen molar-refractivity contribution in [3.63, 3.8) is 0 Å². The maximum Gasteiger partial charge on any atom is 2.00 e. The van der Waals surface area contributed by atoms with Gasteiger partial charge in [0, 0.05) is 51.4 Å². The minimum atomic E-state index is -2.44. The van der Waals surface area contributed by atoms with Crippen LogP contribution in [0.15, 0.2) is 146 Å². The van der Waals surface area contributed by atoms with E-state index in [2.05, 4.69) is 87.2 Å². The van der Waals surface area contributed by atoms with Crippen LogP contribution in [0.1, 0.15) is 44.4 Å². The monoisotopic (exact) mass is 1030 g/mol. The van der Waals surface area contributed by atoms with Gasteiger partial charge in [-0.1, -0.05) is 143 Å². The smallest absolute Gasteiger partial charge is 0.573 e. The van der Waals surface area contributed by atoms with Crippen LogP contribution >= 0.6 is 15.8 Å². The first-order valence-corrected chi connectivity index (χ1v) is 21.1. The van der Waals surface area contributed by atoms with E-state index in [1.54, 1.807) is 72.8 Å². The van der Waals surface area contributed by atoms with Gasteiger partial charge in [-0.05, 0) is 122 Å². The van der Waals surface area contributed by atoms with Gasteiger partial charge in [0.15, 0.2) is 0 Å². The molecule has 61 heavy (non-hydrogen) atoms. The molecule has 4 aromatic heterocycles. The Morgan fingerprint density at radius 3 is 1.36 bits per heavy atom. The Morgan fingerprint density at radius 2 is 0.984 bits per heavy atom. The SMILES string of the molecule is Cc1ccccc1-c1cnc(-c2cc(C#N)n[n-]2)cc1C.[2H]C([2H])([2H])P(c1ccccc1)C([2H])([2H])[2H].[2H]C([2H])([2H])P(c1ccccc1)C([2H])([2H])[2H].[C-]#[N+]c1cc(-c2cc(C)c(-c3ccccc3C)cn2)[n-]n1.[Os+2]. The molecular formula is C50H48N8OsP2. The summed E-state index contributed by atoms with van der Waals surface area (Å²) in [7, 11) is -4.28. The number of pyridine rings is 2. The zero-order valence-electron chi connectivity index (χ0n) is 45.7. The molecular weight excluding hydrogens is 965 g/mol. The molecule has 0 fully saturated rings. The molecule has 4 heterocycles. The molecule has 0 bridgehead atoms.